The summed E-state index contributed by atoms with van der Waals surface area (Å²) in [6.45, 7) is 5.45. The summed E-state index contributed by atoms with van der Waals surface area (Å²) in [4.78, 5) is 13.4. The molecule has 1 aliphatic heterocycles. The molecule has 0 atom stereocenters. The monoisotopic (exact) mass is 251 g/mol. The van der Waals surface area contributed by atoms with Crippen molar-refractivity contribution in [3.8, 4) is 0 Å². The lowest BCUT2D eigenvalue weighted by molar-refractivity contribution is -0.150. The van der Waals surface area contributed by atoms with E-state index in [9.17, 15) is 18.0 Å². The molecule has 5 heteroatoms. The molecule has 1 rings (SSSR count). The van der Waals surface area contributed by atoms with Crippen molar-refractivity contribution in [3.63, 3.8) is 0 Å². The van der Waals surface area contributed by atoms with Gasteiger partial charge in [-0.2, -0.15) is 13.2 Å². The van der Waals surface area contributed by atoms with E-state index in [2.05, 4.69) is 0 Å². The Balaban J connectivity index is 2.44. The lowest BCUT2D eigenvalue weighted by Crippen LogP contribution is -2.43. The van der Waals surface area contributed by atoms with E-state index in [1.54, 1.807) is 0 Å². The molecule has 1 saturated heterocycles. The molecule has 0 aliphatic carbocycles. The second-order valence-electron chi connectivity index (χ2n) is 5.78. The van der Waals surface area contributed by atoms with Crippen molar-refractivity contribution in [2.75, 3.05) is 19.6 Å². The number of hydrogen-bond acceptors (Lipinski definition) is 2. The summed E-state index contributed by atoms with van der Waals surface area (Å²) in [5, 5.41) is 0. The number of Topliss-reactive ketones (excluding diaryl/α,β-unsaturated/α-hetero) is 1. The highest BCUT2D eigenvalue weighted by Crippen LogP contribution is 2.28. The van der Waals surface area contributed by atoms with Crippen LogP contribution in [0.2, 0.25) is 0 Å². The zero-order valence-corrected chi connectivity index (χ0v) is 10.6. The molecule has 2 nitrogen and oxygen atoms in total. The number of hydrogen-bond donors (Lipinski definition) is 0. The molecule has 1 aliphatic rings. The van der Waals surface area contributed by atoms with Gasteiger partial charge in [-0.25, -0.2) is 0 Å². The molecule has 0 unspecified atom stereocenters. The second-order valence-corrected chi connectivity index (χ2v) is 5.78. The van der Waals surface area contributed by atoms with E-state index >= 15 is 0 Å². The van der Waals surface area contributed by atoms with Gasteiger partial charge in [-0.15, -0.1) is 0 Å². The Morgan fingerprint density at radius 1 is 1.18 bits per heavy atom. The summed E-state index contributed by atoms with van der Waals surface area (Å²) in [5.41, 5.74) is -0.392. The zero-order valence-electron chi connectivity index (χ0n) is 10.6. The molecule has 1 heterocycles. The predicted molar refractivity (Wildman–Crippen MR) is 59.7 cm³/mol. The molecule has 1 fully saturated rings. The van der Waals surface area contributed by atoms with Crippen LogP contribution in [0.3, 0.4) is 0 Å². The van der Waals surface area contributed by atoms with Crippen molar-refractivity contribution in [2.24, 2.45) is 11.3 Å². The van der Waals surface area contributed by atoms with E-state index < -0.39 is 18.1 Å². The molecule has 0 aromatic rings. The van der Waals surface area contributed by atoms with Crippen LogP contribution >= 0.6 is 0 Å². The first-order chi connectivity index (χ1) is 7.59. The SMILES string of the molecule is CC(C)(C)C(=O)C1CCN(CC(F)(F)F)CC1. The quantitative estimate of drug-likeness (QED) is 0.752. The number of rotatable bonds is 2. The zero-order chi connectivity index (χ0) is 13.3. The Hall–Kier alpha value is -0.580. The van der Waals surface area contributed by atoms with E-state index in [1.807, 2.05) is 20.8 Å². The fraction of sp³-hybridized carbons (Fsp3) is 0.917. The van der Waals surface area contributed by atoms with Gasteiger partial charge in [0.05, 0.1) is 6.54 Å². The van der Waals surface area contributed by atoms with Crippen molar-refractivity contribution in [2.45, 2.75) is 39.8 Å². The fourth-order valence-electron chi connectivity index (χ4n) is 2.22. The lowest BCUT2D eigenvalue weighted by Gasteiger charge is -2.34. The summed E-state index contributed by atoms with van der Waals surface area (Å²) in [6, 6.07) is 0. The van der Waals surface area contributed by atoms with E-state index in [0.717, 1.165) is 0 Å². The third kappa shape index (κ3) is 4.66. The van der Waals surface area contributed by atoms with E-state index in [-0.39, 0.29) is 11.7 Å². The van der Waals surface area contributed by atoms with Crippen LogP contribution in [0.25, 0.3) is 0 Å². The number of alkyl halides is 3. The predicted octanol–water partition coefficient (Wildman–Crippen LogP) is 2.88. The molecule has 0 spiro atoms. The Morgan fingerprint density at radius 2 is 1.65 bits per heavy atom. The lowest BCUT2D eigenvalue weighted by atomic mass is 9.79. The first kappa shape index (κ1) is 14.5. The number of ketones is 1. The number of carbonyl (C=O) groups is 1. The summed E-state index contributed by atoms with van der Waals surface area (Å²) in [5.74, 6) is 0.101. The maximum absolute atomic E-state index is 12.2. The van der Waals surface area contributed by atoms with Gasteiger partial charge in [0, 0.05) is 11.3 Å². The van der Waals surface area contributed by atoms with Crippen molar-refractivity contribution < 1.29 is 18.0 Å². The van der Waals surface area contributed by atoms with Crippen LogP contribution in [0.1, 0.15) is 33.6 Å². The molecular formula is C12H20F3NO. The molecule has 0 bridgehead atoms. The van der Waals surface area contributed by atoms with Crippen molar-refractivity contribution in [3.05, 3.63) is 0 Å². The largest absolute Gasteiger partial charge is 0.401 e. The summed E-state index contributed by atoms with van der Waals surface area (Å²) in [6.07, 6.45) is -3.04. The minimum Gasteiger partial charge on any atom is -0.299 e. The van der Waals surface area contributed by atoms with Gasteiger partial charge in [0.1, 0.15) is 5.78 Å². The maximum Gasteiger partial charge on any atom is 0.401 e. The van der Waals surface area contributed by atoms with Gasteiger partial charge in [0.2, 0.25) is 0 Å². The van der Waals surface area contributed by atoms with Crippen LogP contribution in [0, 0.1) is 11.3 Å². The van der Waals surface area contributed by atoms with E-state index in [4.69, 9.17) is 0 Å². The minimum atomic E-state index is -4.14. The van der Waals surface area contributed by atoms with Crippen molar-refractivity contribution in [1.29, 1.82) is 0 Å². The highest BCUT2D eigenvalue weighted by atomic mass is 19.4. The van der Waals surface area contributed by atoms with Crippen molar-refractivity contribution in [1.82, 2.24) is 4.90 Å². The normalized spacial score (nSPS) is 20.6. The molecule has 100 valence electrons. The Bertz CT molecular complexity index is 272. The number of nitrogens with zero attached hydrogens (tertiary/aromatic N) is 1. The maximum atomic E-state index is 12.2. The number of halogens is 3. The van der Waals surface area contributed by atoms with Crippen molar-refractivity contribution >= 4 is 5.78 Å². The third-order valence-electron chi connectivity index (χ3n) is 3.10. The van der Waals surface area contributed by atoms with Crippen LogP contribution in [-0.4, -0.2) is 36.5 Å². The molecule has 17 heavy (non-hydrogen) atoms. The molecule has 0 aromatic heterocycles. The first-order valence-corrected chi connectivity index (χ1v) is 5.93. The summed E-state index contributed by atoms with van der Waals surface area (Å²) >= 11 is 0. The average molecular weight is 251 g/mol. The second kappa shape index (κ2) is 4.96. The van der Waals surface area contributed by atoms with Gasteiger partial charge in [-0.1, -0.05) is 20.8 Å². The molecule has 0 saturated carbocycles. The van der Waals surface area contributed by atoms with Crippen LogP contribution in [0.4, 0.5) is 13.2 Å². The van der Waals surface area contributed by atoms with Crippen LogP contribution in [-0.2, 0) is 4.79 Å². The van der Waals surface area contributed by atoms with Gasteiger partial charge in [-0.3, -0.25) is 9.69 Å². The molecular weight excluding hydrogens is 231 g/mol. The number of likely N-dealkylation sites (tertiary alicyclic amines) is 1. The number of piperidine rings is 1. The highest BCUT2D eigenvalue weighted by molar-refractivity contribution is 5.86. The molecule has 0 aromatic carbocycles. The first-order valence-electron chi connectivity index (χ1n) is 5.93. The van der Waals surface area contributed by atoms with Gasteiger partial charge in [0.15, 0.2) is 0 Å². The third-order valence-corrected chi connectivity index (χ3v) is 3.10. The minimum absolute atomic E-state index is 0.0699. The Labute approximate surface area is 100 Å². The van der Waals surface area contributed by atoms with Crippen LogP contribution < -0.4 is 0 Å². The number of carbonyl (C=O) groups excluding carboxylic acids is 1. The fourth-order valence-corrected chi connectivity index (χ4v) is 2.22. The summed E-state index contributed by atoms with van der Waals surface area (Å²) in [7, 11) is 0. The average Bonchev–Trinajstić information content (AvgIpc) is 2.14. The molecule has 0 N–H and O–H groups in total. The smallest absolute Gasteiger partial charge is 0.299 e. The van der Waals surface area contributed by atoms with Gasteiger partial charge >= 0.3 is 6.18 Å². The highest BCUT2D eigenvalue weighted by Gasteiger charge is 2.36. The topological polar surface area (TPSA) is 20.3 Å². The molecule has 0 amide bonds. The summed E-state index contributed by atoms with van der Waals surface area (Å²) < 4.78 is 36.5. The Kier molecular flexibility index (Phi) is 4.23. The van der Waals surface area contributed by atoms with Gasteiger partial charge < -0.3 is 0 Å². The molecule has 0 radical (unpaired) electrons. The van der Waals surface area contributed by atoms with E-state index in [0.29, 0.717) is 25.9 Å². The van der Waals surface area contributed by atoms with Gasteiger partial charge in [0.25, 0.3) is 0 Å². The van der Waals surface area contributed by atoms with Gasteiger partial charge in [-0.05, 0) is 25.9 Å². The van der Waals surface area contributed by atoms with E-state index in [1.165, 1.54) is 4.90 Å². The standard InChI is InChI=1S/C12H20F3NO/c1-11(2,3)10(17)9-4-6-16(7-5-9)8-12(13,14)15/h9H,4-8H2,1-3H3. The van der Waals surface area contributed by atoms with Crippen LogP contribution in [0.5, 0.6) is 0 Å². The van der Waals surface area contributed by atoms with Crippen LogP contribution in [0.15, 0.2) is 0 Å². The Morgan fingerprint density at radius 3 is 2.00 bits per heavy atom.